The summed E-state index contributed by atoms with van der Waals surface area (Å²) in [5, 5.41) is 9.82. The van der Waals surface area contributed by atoms with E-state index in [1.807, 2.05) is 42.7 Å². The van der Waals surface area contributed by atoms with Crippen molar-refractivity contribution in [1.82, 2.24) is 20.1 Å². The molecule has 0 radical (unpaired) electrons. The number of carbonyl (C=O) groups is 1. The number of nitrogens with zero attached hydrogens (tertiary/aromatic N) is 2. The Kier molecular flexibility index (Phi) is 5.71. The standard InChI is InChI=1S/C15H20N4O2S/c1-3-16-13(20)9-10-19-14(17-18-15(19)22)11-5-7-12(8-6-11)21-4-2/h5-8H,3-4,9-10H2,1-2H3,(H,16,20)(H,18,22). The van der Waals surface area contributed by atoms with Crippen LogP contribution in [0.2, 0.25) is 0 Å². The van der Waals surface area contributed by atoms with E-state index in [9.17, 15) is 4.79 Å². The van der Waals surface area contributed by atoms with Gasteiger partial charge in [-0.05, 0) is 50.3 Å². The summed E-state index contributed by atoms with van der Waals surface area (Å²) in [5.74, 6) is 1.54. The molecule has 6 nitrogen and oxygen atoms in total. The van der Waals surface area contributed by atoms with Crippen molar-refractivity contribution < 1.29 is 9.53 Å². The number of aromatic nitrogens is 3. The second-order valence-corrected chi connectivity index (χ2v) is 5.05. The first-order valence-corrected chi connectivity index (χ1v) is 7.71. The number of rotatable bonds is 7. The van der Waals surface area contributed by atoms with Crippen molar-refractivity contribution in [3.63, 3.8) is 0 Å². The number of benzene rings is 1. The molecule has 0 fully saturated rings. The Morgan fingerprint density at radius 3 is 2.73 bits per heavy atom. The van der Waals surface area contributed by atoms with Crippen molar-refractivity contribution in [2.24, 2.45) is 0 Å². The molecule has 0 saturated heterocycles. The molecular formula is C15H20N4O2S. The average molecular weight is 320 g/mol. The predicted octanol–water partition coefficient (Wildman–Crippen LogP) is 2.53. The molecule has 2 aromatic rings. The molecule has 1 aromatic heterocycles. The van der Waals surface area contributed by atoms with Crippen molar-refractivity contribution in [2.45, 2.75) is 26.8 Å². The van der Waals surface area contributed by atoms with Crippen LogP contribution in [0.15, 0.2) is 24.3 Å². The van der Waals surface area contributed by atoms with Crippen LogP contribution in [0, 0.1) is 4.77 Å². The smallest absolute Gasteiger partial charge is 0.221 e. The summed E-state index contributed by atoms with van der Waals surface area (Å²) in [6.45, 7) is 5.59. The number of hydrogen-bond acceptors (Lipinski definition) is 4. The normalized spacial score (nSPS) is 10.5. The van der Waals surface area contributed by atoms with Gasteiger partial charge in [0, 0.05) is 25.1 Å². The summed E-state index contributed by atoms with van der Waals surface area (Å²) < 4.78 is 7.77. The SMILES string of the molecule is CCNC(=O)CCn1c(-c2ccc(OCC)cc2)n[nH]c1=S. The minimum Gasteiger partial charge on any atom is -0.494 e. The Bertz CT molecular complexity index is 676. The van der Waals surface area contributed by atoms with Gasteiger partial charge in [-0.3, -0.25) is 14.5 Å². The monoisotopic (exact) mass is 320 g/mol. The lowest BCUT2D eigenvalue weighted by Gasteiger charge is -2.08. The number of hydrogen-bond donors (Lipinski definition) is 2. The summed E-state index contributed by atoms with van der Waals surface area (Å²) in [4.78, 5) is 11.6. The third-order valence-electron chi connectivity index (χ3n) is 3.12. The zero-order valence-electron chi connectivity index (χ0n) is 12.8. The molecule has 0 unspecified atom stereocenters. The van der Waals surface area contributed by atoms with E-state index >= 15 is 0 Å². The Hall–Kier alpha value is -2.15. The van der Waals surface area contributed by atoms with Crippen LogP contribution in [-0.4, -0.2) is 33.8 Å². The highest BCUT2D eigenvalue weighted by atomic mass is 32.1. The number of nitrogens with one attached hydrogen (secondary N) is 2. The van der Waals surface area contributed by atoms with Crippen LogP contribution in [-0.2, 0) is 11.3 Å². The lowest BCUT2D eigenvalue weighted by molar-refractivity contribution is -0.121. The molecule has 7 heteroatoms. The van der Waals surface area contributed by atoms with Gasteiger partial charge in [-0.1, -0.05) is 0 Å². The van der Waals surface area contributed by atoms with Crippen LogP contribution < -0.4 is 10.1 Å². The fourth-order valence-electron chi connectivity index (χ4n) is 2.11. The lowest BCUT2D eigenvalue weighted by Crippen LogP contribution is -2.23. The maximum absolute atomic E-state index is 11.6. The van der Waals surface area contributed by atoms with E-state index in [1.165, 1.54) is 0 Å². The minimum absolute atomic E-state index is 0.00300. The molecule has 0 spiro atoms. The Balaban J connectivity index is 2.17. The third-order valence-corrected chi connectivity index (χ3v) is 3.43. The quantitative estimate of drug-likeness (QED) is 0.769. The zero-order chi connectivity index (χ0) is 15.9. The highest BCUT2D eigenvalue weighted by Gasteiger charge is 2.10. The van der Waals surface area contributed by atoms with E-state index in [2.05, 4.69) is 15.5 Å². The first-order valence-electron chi connectivity index (χ1n) is 7.30. The largest absolute Gasteiger partial charge is 0.494 e. The molecule has 1 heterocycles. The fraction of sp³-hybridized carbons (Fsp3) is 0.400. The van der Waals surface area contributed by atoms with Gasteiger partial charge in [0.1, 0.15) is 5.75 Å². The van der Waals surface area contributed by atoms with Crippen LogP contribution in [0.1, 0.15) is 20.3 Å². The predicted molar refractivity (Wildman–Crippen MR) is 87.3 cm³/mol. The van der Waals surface area contributed by atoms with Gasteiger partial charge in [0.25, 0.3) is 0 Å². The highest BCUT2D eigenvalue weighted by molar-refractivity contribution is 7.71. The summed E-state index contributed by atoms with van der Waals surface area (Å²) in [6.07, 6.45) is 0.367. The van der Waals surface area contributed by atoms with E-state index in [0.717, 1.165) is 17.1 Å². The summed E-state index contributed by atoms with van der Waals surface area (Å²) in [7, 11) is 0. The van der Waals surface area contributed by atoms with E-state index in [4.69, 9.17) is 17.0 Å². The van der Waals surface area contributed by atoms with Crippen molar-refractivity contribution in [1.29, 1.82) is 0 Å². The van der Waals surface area contributed by atoms with Gasteiger partial charge in [-0.2, -0.15) is 5.10 Å². The van der Waals surface area contributed by atoms with Crippen LogP contribution in [0.4, 0.5) is 0 Å². The Morgan fingerprint density at radius 1 is 1.36 bits per heavy atom. The highest BCUT2D eigenvalue weighted by Crippen LogP contribution is 2.21. The molecule has 0 saturated carbocycles. The number of carbonyl (C=O) groups excluding carboxylic acids is 1. The second kappa shape index (κ2) is 7.74. The first-order chi connectivity index (χ1) is 10.7. The molecule has 1 amide bonds. The summed E-state index contributed by atoms with van der Waals surface area (Å²) in [6, 6.07) is 7.65. The van der Waals surface area contributed by atoms with E-state index < -0.39 is 0 Å². The van der Waals surface area contributed by atoms with Gasteiger partial charge in [0.2, 0.25) is 5.91 Å². The number of aromatic amines is 1. The number of ether oxygens (including phenoxy) is 1. The topological polar surface area (TPSA) is 71.9 Å². The maximum atomic E-state index is 11.6. The summed E-state index contributed by atoms with van der Waals surface area (Å²) in [5.41, 5.74) is 0.923. The minimum atomic E-state index is 0.00300. The zero-order valence-corrected chi connectivity index (χ0v) is 13.6. The molecule has 0 atom stereocenters. The molecule has 2 N–H and O–H groups in total. The van der Waals surface area contributed by atoms with Crippen molar-refractivity contribution in [2.75, 3.05) is 13.2 Å². The van der Waals surface area contributed by atoms with E-state index in [1.54, 1.807) is 0 Å². The molecule has 0 aliphatic rings. The van der Waals surface area contributed by atoms with Gasteiger partial charge in [0.15, 0.2) is 10.6 Å². The van der Waals surface area contributed by atoms with Crippen LogP contribution >= 0.6 is 12.2 Å². The van der Waals surface area contributed by atoms with Gasteiger partial charge < -0.3 is 10.1 Å². The van der Waals surface area contributed by atoms with Gasteiger partial charge in [-0.15, -0.1) is 0 Å². The van der Waals surface area contributed by atoms with E-state index in [-0.39, 0.29) is 5.91 Å². The Labute approximate surface area is 134 Å². The molecule has 0 aliphatic heterocycles. The maximum Gasteiger partial charge on any atom is 0.221 e. The van der Waals surface area contributed by atoms with E-state index in [0.29, 0.717) is 30.9 Å². The first kappa shape index (κ1) is 16.2. The van der Waals surface area contributed by atoms with Gasteiger partial charge in [0.05, 0.1) is 6.61 Å². The third kappa shape index (κ3) is 3.94. The fourth-order valence-corrected chi connectivity index (χ4v) is 2.33. The molecular weight excluding hydrogens is 300 g/mol. The lowest BCUT2D eigenvalue weighted by atomic mass is 10.2. The summed E-state index contributed by atoms with van der Waals surface area (Å²) >= 11 is 5.25. The molecule has 118 valence electrons. The molecule has 0 aliphatic carbocycles. The number of H-pyrrole nitrogens is 1. The van der Waals surface area contributed by atoms with Crippen LogP contribution in [0.5, 0.6) is 5.75 Å². The molecule has 2 rings (SSSR count). The number of amides is 1. The van der Waals surface area contributed by atoms with Crippen LogP contribution in [0.3, 0.4) is 0 Å². The molecule has 0 bridgehead atoms. The Morgan fingerprint density at radius 2 is 2.09 bits per heavy atom. The van der Waals surface area contributed by atoms with Crippen molar-refractivity contribution in [3.8, 4) is 17.1 Å². The van der Waals surface area contributed by atoms with Gasteiger partial charge in [-0.25, -0.2) is 0 Å². The second-order valence-electron chi connectivity index (χ2n) is 4.66. The molecule has 22 heavy (non-hydrogen) atoms. The molecule has 1 aromatic carbocycles. The van der Waals surface area contributed by atoms with Crippen molar-refractivity contribution in [3.05, 3.63) is 29.0 Å². The van der Waals surface area contributed by atoms with Crippen LogP contribution in [0.25, 0.3) is 11.4 Å². The van der Waals surface area contributed by atoms with Crippen molar-refractivity contribution >= 4 is 18.1 Å². The average Bonchev–Trinajstić information content (AvgIpc) is 2.88. The van der Waals surface area contributed by atoms with Gasteiger partial charge >= 0.3 is 0 Å².